The standard InChI is InChI=1S/C24H31N3O3S2.ClH/c1-17-8-12-20(13-9-17)32(29,30)16-6-7-21(28)27(15-14-26(4)5)24-25-22-18(2)10-11-19(3)23(22)31-24;/h8-13H,6-7,14-16H2,1-5H3;1H. The summed E-state index contributed by atoms with van der Waals surface area (Å²) in [4.78, 5) is 22.0. The molecule has 0 N–H and O–H groups in total. The zero-order valence-electron chi connectivity index (χ0n) is 19.8. The first kappa shape index (κ1) is 27.2. The molecular formula is C24H32ClN3O3S2. The largest absolute Gasteiger partial charge is 0.308 e. The number of nitrogens with zero attached hydrogens (tertiary/aromatic N) is 3. The van der Waals surface area contributed by atoms with Gasteiger partial charge in [0.1, 0.15) is 0 Å². The van der Waals surface area contributed by atoms with Crippen molar-refractivity contribution in [3.05, 3.63) is 53.1 Å². The molecule has 0 spiro atoms. The number of carbonyl (C=O) groups excluding carboxylic acids is 1. The number of anilines is 1. The van der Waals surface area contributed by atoms with E-state index >= 15 is 0 Å². The molecular weight excluding hydrogens is 478 g/mol. The fourth-order valence-electron chi connectivity index (χ4n) is 3.40. The maximum absolute atomic E-state index is 13.1. The second kappa shape index (κ2) is 11.4. The quantitative estimate of drug-likeness (QED) is 0.414. The predicted molar refractivity (Wildman–Crippen MR) is 140 cm³/mol. The summed E-state index contributed by atoms with van der Waals surface area (Å²) in [5.74, 6) is -0.151. The summed E-state index contributed by atoms with van der Waals surface area (Å²) in [5.41, 5.74) is 4.16. The number of hydrogen-bond donors (Lipinski definition) is 0. The number of rotatable bonds is 9. The van der Waals surface area contributed by atoms with E-state index in [1.807, 2.05) is 45.8 Å². The summed E-state index contributed by atoms with van der Waals surface area (Å²) in [6, 6.07) is 10.9. The van der Waals surface area contributed by atoms with E-state index in [2.05, 4.69) is 6.07 Å². The molecule has 0 atom stereocenters. The van der Waals surface area contributed by atoms with E-state index in [-0.39, 0.29) is 36.9 Å². The van der Waals surface area contributed by atoms with E-state index in [0.717, 1.165) is 26.9 Å². The Hall–Kier alpha value is -2.00. The number of sulfone groups is 1. The fraction of sp³-hybridized carbons (Fsp3) is 0.417. The average Bonchev–Trinajstić information content (AvgIpc) is 3.17. The highest BCUT2D eigenvalue weighted by molar-refractivity contribution is 7.91. The molecule has 33 heavy (non-hydrogen) atoms. The minimum atomic E-state index is -3.41. The molecule has 0 aliphatic rings. The van der Waals surface area contributed by atoms with Crippen LogP contribution in [0.4, 0.5) is 5.13 Å². The molecule has 3 aromatic rings. The normalized spacial score (nSPS) is 11.6. The van der Waals surface area contributed by atoms with Gasteiger partial charge in [0.25, 0.3) is 0 Å². The minimum absolute atomic E-state index is 0. The van der Waals surface area contributed by atoms with Gasteiger partial charge in [0.2, 0.25) is 5.91 Å². The Balaban J connectivity index is 0.00000385. The van der Waals surface area contributed by atoms with Gasteiger partial charge in [-0.05, 0) is 64.5 Å². The summed E-state index contributed by atoms with van der Waals surface area (Å²) in [7, 11) is 0.511. The van der Waals surface area contributed by atoms with Crippen molar-refractivity contribution in [2.75, 3.05) is 37.8 Å². The Morgan fingerprint density at radius 2 is 1.61 bits per heavy atom. The minimum Gasteiger partial charge on any atom is -0.308 e. The van der Waals surface area contributed by atoms with Crippen LogP contribution in [0.3, 0.4) is 0 Å². The molecule has 0 bridgehead atoms. The van der Waals surface area contributed by atoms with E-state index in [1.54, 1.807) is 29.2 Å². The van der Waals surface area contributed by atoms with Crippen LogP contribution >= 0.6 is 23.7 Å². The number of likely N-dealkylation sites (N-methyl/N-ethyl adjacent to an activating group) is 1. The highest BCUT2D eigenvalue weighted by atomic mass is 35.5. The van der Waals surface area contributed by atoms with Crippen LogP contribution in [0.15, 0.2) is 41.3 Å². The highest BCUT2D eigenvalue weighted by Crippen LogP contribution is 2.33. The molecule has 180 valence electrons. The van der Waals surface area contributed by atoms with Crippen LogP contribution in [-0.4, -0.2) is 57.1 Å². The Labute approximate surface area is 207 Å². The van der Waals surface area contributed by atoms with Gasteiger partial charge in [-0.25, -0.2) is 13.4 Å². The van der Waals surface area contributed by atoms with Crippen LogP contribution in [0.1, 0.15) is 29.5 Å². The monoisotopic (exact) mass is 509 g/mol. The third-order valence-corrected chi connectivity index (χ3v) is 8.45. The number of aromatic nitrogens is 1. The lowest BCUT2D eigenvalue weighted by atomic mass is 10.1. The van der Waals surface area contributed by atoms with Gasteiger partial charge in [-0.1, -0.05) is 41.2 Å². The average molecular weight is 510 g/mol. The van der Waals surface area contributed by atoms with E-state index in [1.165, 1.54) is 11.3 Å². The molecule has 9 heteroatoms. The molecule has 0 fully saturated rings. The first-order chi connectivity index (χ1) is 15.1. The number of hydrogen-bond acceptors (Lipinski definition) is 6. The second-order valence-corrected chi connectivity index (χ2v) is 11.5. The number of fused-ring (bicyclic) bond motifs is 1. The van der Waals surface area contributed by atoms with E-state index < -0.39 is 9.84 Å². The number of thiazole rings is 1. The van der Waals surface area contributed by atoms with Gasteiger partial charge in [0.05, 0.1) is 20.9 Å². The summed E-state index contributed by atoms with van der Waals surface area (Å²) in [5, 5.41) is 0.672. The van der Waals surface area contributed by atoms with Crippen molar-refractivity contribution in [2.24, 2.45) is 0 Å². The molecule has 1 aromatic heterocycles. The van der Waals surface area contributed by atoms with Crippen LogP contribution in [0.2, 0.25) is 0 Å². The predicted octanol–water partition coefficient (Wildman–Crippen LogP) is 4.79. The van der Waals surface area contributed by atoms with E-state index in [0.29, 0.717) is 23.1 Å². The Morgan fingerprint density at radius 1 is 0.970 bits per heavy atom. The maximum atomic E-state index is 13.1. The van der Waals surface area contributed by atoms with Gasteiger partial charge >= 0.3 is 0 Å². The summed E-state index contributed by atoms with van der Waals surface area (Å²) >= 11 is 1.52. The van der Waals surface area contributed by atoms with Crippen molar-refractivity contribution in [3.8, 4) is 0 Å². The second-order valence-electron chi connectivity index (χ2n) is 8.46. The van der Waals surface area contributed by atoms with Gasteiger partial charge in [-0.3, -0.25) is 9.69 Å². The Kier molecular flexibility index (Phi) is 9.43. The number of aryl methyl sites for hydroxylation is 3. The van der Waals surface area contributed by atoms with Crippen LogP contribution in [0.25, 0.3) is 10.2 Å². The van der Waals surface area contributed by atoms with Gasteiger partial charge in [0, 0.05) is 19.5 Å². The fourth-order valence-corrected chi connectivity index (χ4v) is 5.87. The van der Waals surface area contributed by atoms with Crippen molar-refractivity contribution in [3.63, 3.8) is 0 Å². The number of halogens is 1. The smallest absolute Gasteiger partial charge is 0.228 e. The molecule has 0 radical (unpaired) electrons. The Morgan fingerprint density at radius 3 is 2.21 bits per heavy atom. The SMILES string of the molecule is Cc1ccc(S(=O)(=O)CCCC(=O)N(CCN(C)C)c2nc3c(C)ccc(C)c3s2)cc1.Cl. The molecule has 1 heterocycles. The lowest BCUT2D eigenvalue weighted by Gasteiger charge is -2.22. The topological polar surface area (TPSA) is 70.6 Å². The zero-order valence-corrected chi connectivity index (χ0v) is 22.2. The molecule has 0 unspecified atom stereocenters. The van der Waals surface area contributed by atoms with Crippen molar-refractivity contribution in [2.45, 2.75) is 38.5 Å². The molecule has 3 rings (SSSR count). The molecule has 6 nitrogen and oxygen atoms in total. The first-order valence-electron chi connectivity index (χ1n) is 10.7. The number of benzene rings is 2. The van der Waals surface area contributed by atoms with Crippen molar-refractivity contribution < 1.29 is 13.2 Å². The Bertz CT molecular complexity index is 1170. The van der Waals surface area contributed by atoms with Gasteiger partial charge < -0.3 is 4.90 Å². The summed E-state index contributed by atoms with van der Waals surface area (Å²) in [6.07, 6.45) is 0.433. The van der Waals surface area contributed by atoms with Crippen LogP contribution < -0.4 is 4.90 Å². The number of amides is 1. The molecule has 2 aromatic carbocycles. The number of carbonyl (C=O) groups is 1. The van der Waals surface area contributed by atoms with Crippen LogP contribution in [0.5, 0.6) is 0 Å². The first-order valence-corrected chi connectivity index (χ1v) is 13.2. The van der Waals surface area contributed by atoms with Gasteiger partial charge in [-0.15, -0.1) is 12.4 Å². The van der Waals surface area contributed by atoms with Gasteiger partial charge in [0.15, 0.2) is 15.0 Å². The maximum Gasteiger partial charge on any atom is 0.228 e. The third kappa shape index (κ3) is 6.76. The molecule has 0 aliphatic heterocycles. The molecule has 0 aliphatic carbocycles. The third-order valence-electron chi connectivity index (χ3n) is 5.42. The summed E-state index contributed by atoms with van der Waals surface area (Å²) in [6.45, 7) is 7.19. The summed E-state index contributed by atoms with van der Waals surface area (Å²) < 4.78 is 26.3. The lowest BCUT2D eigenvalue weighted by molar-refractivity contribution is -0.118. The molecule has 0 saturated heterocycles. The van der Waals surface area contributed by atoms with Crippen molar-refractivity contribution in [1.82, 2.24) is 9.88 Å². The molecule has 0 saturated carbocycles. The van der Waals surface area contributed by atoms with Crippen molar-refractivity contribution in [1.29, 1.82) is 0 Å². The zero-order chi connectivity index (χ0) is 23.5. The van der Waals surface area contributed by atoms with Crippen molar-refractivity contribution >= 4 is 54.8 Å². The van der Waals surface area contributed by atoms with E-state index in [9.17, 15) is 13.2 Å². The van der Waals surface area contributed by atoms with E-state index in [4.69, 9.17) is 4.98 Å². The molecule has 1 amide bonds. The lowest BCUT2D eigenvalue weighted by Crippen LogP contribution is -2.36. The van der Waals surface area contributed by atoms with Crippen LogP contribution in [0, 0.1) is 20.8 Å². The van der Waals surface area contributed by atoms with Gasteiger partial charge in [-0.2, -0.15) is 0 Å². The highest BCUT2D eigenvalue weighted by Gasteiger charge is 2.22. The van der Waals surface area contributed by atoms with Crippen LogP contribution in [-0.2, 0) is 14.6 Å².